The number of benzene rings is 1. The maximum absolute atomic E-state index is 12.0. The van der Waals surface area contributed by atoms with Gasteiger partial charge in [0, 0.05) is 5.56 Å². The van der Waals surface area contributed by atoms with Crippen LogP contribution in [0.1, 0.15) is 18.9 Å². The maximum Gasteiger partial charge on any atom is 0.410 e. The Morgan fingerprint density at radius 2 is 2.16 bits per heavy atom. The minimum Gasteiger partial charge on any atom is -0.497 e. The van der Waals surface area contributed by atoms with Crippen molar-refractivity contribution in [3.63, 3.8) is 0 Å². The van der Waals surface area contributed by atoms with Crippen LogP contribution in [0.3, 0.4) is 0 Å². The summed E-state index contributed by atoms with van der Waals surface area (Å²) >= 11 is 0. The summed E-state index contributed by atoms with van der Waals surface area (Å²) in [6.45, 7) is 2.37. The van der Waals surface area contributed by atoms with Crippen molar-refractivity contribution in [1.82, 2.24) is 20.4 Å². The molecule has 9 nitrogen and oxygen atoms in total. The van der Waals surface area contributed by atoms with Crippen LogP contribution in [0.4, 0.5) is 4.79 Å². The number of carbonyl (C=O) groups excluding carboxylic acids is 2. The van der Waals surface area contributed by atoms with Crippen molar-refractivity contribution in [2.24, 2.45) is 0 Å². The zero-order valence-electron chi connectivity index (χ0n) is 13.9. The van der Waals surface area contributed by atoms with Gasteiger partial charge in [0.15, 0.2) is 0 Å². The topological polar surface area (TPSA) is 107 Å². The van der Waals surface area contributed by atoms with Gasteiger partial charge in [-0.25, -0.2) is 4.79 Å². The molecule has 2 heterocycles. The highest BCUT2D eigenvalue weighted by Gasteiger charge is 2.25. The van der Waals surface area contributed by atoms with Crippen molar-refractivity contribution in [2.75, 3.05) is 26.8 Å². The predicted molar refractivity (Wildman–Crippen MR) is 85.8 cm³/mol. The van der Waals surface area contributed by atoms with Gasteiger partial charge in [-0.1, -0.05) is 5.16 Å². The van der Waals surface area contributed by atoms with Crippen LogP contribution in [0.2, 0.25) is 0 Å². The van der Waals surface area contributed by atoms with Crippen LogP contribution >= 0.6 is 0 Å². The maximum atomic E-state index is 12.0. The molecule has 0 saturated carbocycles. The lowest BCUT2D eigenvalue weighted by atomic mass is 10.2. The lowest BCUT2D eigenvalue weighted by Crippen LogP contribution is -2.38. The standard InChI is InChI=1S/C16H18N4O5/c1-10(17-13(21)9-20-7-8-24-16(20)22)15-18-14(19-25-15)11-3-5-12(23-2)6-4-11/h3-6,10H,7-9H2,1-2H3,(H,17,21)/t10-/m1/s1. The summed E-state index contributed by atoms with van der Waals surface area (Å²) in [5.41, 5.74) is 0.772. The molecule has 9 heteroatoms. The quantitative estimate of drug-likeness (QED) is 0.842. The van der Waals surface area contributed by atoms with Gasteiger partial charge in [-0.15, -0.1) is 0 Å². The molecule has 25 heavy (non-hydrogen) atoms. The van der Waals surface area contributed by atoms with Crippen LogP contribution < -0.4 is 10.1 Å². The SMILES string of the molecule is COc1ccc(-c2noc([C@@H](C)NC(=O)CN3CCOC3=O)n2)cc1. The Bertz CT molecular complexity index is 758. The number of amides is 2. The molecule has 1 aromatic heterocycles. The minimum absolute atomic E-state index is 0.0668. The zero-order chi connectivity index (χ0) is 17.8. The van der Waals surface area contributed by atoms with E-state index >= 15 is 0 Å². The molecule has 0 radical (unpaired) electrons. The van der Waals surface area contributed by atoms with E-state index in [1.54, 1.807) is 26.2 Å². The van der Waals surface area contributed by atoms with Crippen LogP contribution in [-0.4, -0.2) is 53.8 Å². The molecule has 1 fully saturated rings. The number of methoxy groups -OCH3 is 1. The Morgan fingerprint density at radius 3 is 2.80 bits per heavy atom. The van der Waals surface area contributed by atoms with Crippen molar-refractivity contribution < 1.29 is 23.6 Å². The average molecular weight is 346 g/mol. The molecule has 3 rings (SSSR count). The molecule has 0 unspecified atom stereocenters. The van der Waals surface area contributed by atoms with Gasteiger partial charge in [-0.2, -0.15) is 4.98 Å². The number of hydrogen-bond donors (Lipinski definition) is 1. The Labute approximate surface area is 143 Å². The van der Waals surface area contributed by atoms with Crippen molar-refractivity contribution >= 4 is 12.0 Å². The minimum atomic E-state index is -0.484. The fraction of sp³-hybridized carbons (Fsp3) is 0.375. The second-order valence-electron chi connectivity index (χ2n) is 5.51. The van der Waals surface area contributed by atoms with Gasteiger partial charge in [0.25, 0.3) is 0 Å². The van der Waals surface area contributed by atoms with Crippen LogP contribution in [0.5, 0.6) is 5.75 Å². The number of aromatic nitrogens is 2. The van der Waals surface area contributed by atoms with Gasteiger partial charge in [0.2, 0.25) is 17.6 Å². The lowest BCUT2D eigenvalue weighted by molar-refractivity contribution is -0.122. The summed E-state index contributed by atoms with van der Waals surface area (Å²) in [5.74, 6) is 1.11. The Hall–Kier alpha value is -3.10. The summed E-state index contributed by atoms with van der Waals surface area (Å²) in [6.07, 6.45) is -0.484. The fourth-order valence-electron chi connectivity index (χ4n) is 2.36. The van der Waals surface area contributed by atoms with Gasteiger partial charge in [0.1, 0.15) is 24.9 Å². The number of carbonyl (C=O) groups is 2. The highest BCUT2D eigenvalue weighted by Crippen LogP contribution is 2.21. The molecular weight excluding hydrogens is 328 g/mol. The molecule has 1 saturated heterocycles. The van der Waals surface area contributed by atoms with Gasteiger partial charge in [-0.05, 0) is 31.2 Å². The molecule has 1 aliphatic rings. The average Bonchev–Trinajstić information content (AvgIpc) is 3.25. The van der Waals surface area contributed by atoms with Crippen LogP contribution in [0.15, 0.2) is 28.8 Å². The monoisotopic (exact) mass is 346 g/mol. The third-order valence-corrected chi connectivity index (χ3v) is 3.72. The molecule has 1 atom stereocenters. The van der Waals surface area contributed by atoms with Crippen molar-refractivity contribution in [3.05, 3.63) is 30.2 Å². The summed E-state index contributed by atoms with van der Waals surface area (Å²) in [5, 5.41) is 6.64. The van der Waals surface area contributed by atoms with Gasteiger partial charge in [-0.3, -0.25) is 9.69 Å². The van der Waals surface area contributed by atoms with E-state index in [0.29, 0.717) is 19.0 Å². The molecule has 1 aromatic carbocycles. The van der Waals surface area contributed by atoms with Crippen LogP contribution in [0, 0.1) is 0 Å². The van der Waals surface area contributed by atoms with E-state index in [4.69, 9.17) is 14.0 Å². The van der Waals surface area contributed by atoms with Gasteiger partial charge >= 0.3 is 6.09 Å². The molecule has 0 spiro atoms. The Balaban J connectivity index is 1.60. The number of nitrogens with zero attached hydrogens (tertiary/aromatic N) is 3. The van der Waals surface area contributed by atoms with E-state index in [2.05, 4.69) is 15.5 Å². The van der Waals surface area contributed by atoms with Crippen LogP contribution in [-0.2, 0) is 9.53 Å². The molecule has 2 aromatic rings. The smallest absolute Gasteiger partial charge is 0.410 e. The largest absolute Gasteiger partial charge is 0.497 e. The molecule has 132 valence electrons. The zero-order valence-corrected chi connectivity index (χ0v) is 13.9. The fourth-order valence-corrected chi connectivity index (χ4v) is 2.36. The number of cyclic esters (lactones) is 1. The van der Waals surface area contributed by atoms with E-state index in [9.17, 15) is 9.59 Å². The molecule has 2 amide bonds. The first-order valence-corrected chi connectivity index (χ1v) is 7.76. The van der Waals surface area contributed by atoms with Gasteiger partial charge in [0.05, 0.1) is 13.7 Å². The molecular formula is C16H18N4O5. The summed E-state index contributed by atoms with van der Waals surface area (Å²) in [4.78, 5) is 29.0. The number of rotatable bonds is 6. The van der Waals surface area contributed by atoms with E-state index in [-0.39, 0.29) is 18.3 Å². The first-order chi connectivity index (χ1) is 12.1. The van der Waals surface area contributed by atoms with E-state index < -0.39 is 12.1 Å². The number of hydrogen-bond acceptors (Lipinski definition) is 7. The van der Waals surface area contributed by atoms with Crippen molar-refractivity contribution in [3.8, 4) is 17.1 Å². The highest BCUT2D eigenvalue weighted by atomic mass is 16.6. The second kappa shape index (κ2) is 7.20. The van der Waals surface area contributed by atoms with Crippen molar-refractivity contribution in [1.29, 1.82) is 0 Å². The van der Waals surface area contributed by atoms with E-state index in [0.717, 1.165) is 11.3 Å². The Morgan fingerprint density at radius 1 is 1.40 bits per heavy atom. The third-order valence-electron chi connectivity index (χ3n) is 3.72. The number of nitrogens with one attached hydrogen (secondary N) is 1. The van der Waals surface area contributed by atoms with Gasteiger partial charge < -0.3 is 19.3 Å². The summed E-state index contributed by atoms with van der Waals surface area (Å²) < 4.78 is 15.1. The normalized spacial score (nSPS) is 15.0. The first-order valence-electron chi connectivity index (χ1n) is 7.76. The summed E-state index contributed by atoms with van der Waals surface area (Å²) in [7, 11) is 1.59. The molecule has 0 aliphatic carbocycles. The van der Waals surface area contributed by atoms with Crippen molar-refractivity contribution in [2.45, 2.75) is 13.0 Å². The van der Waals surface area contributed by atoms with Crippen LogP contribution in [0.25, 0.3) is 11.4 Å². The molecule has 0 bridgehead atoms. The predicted octanol–water partition coefficient (Wildman–Crippen LogP) is 1.37. The van der Waals surface area contributed by atoms with E-state index in [1.807, 2.05) is 12.1 Å². The second-order valence-corrected chi connectivity index (χ2v) is 5.51. The molecule has 1 aliphatic heterocycles. The summed E-state index contributed by atoms with van der Waals surface area (Å²) in [6, 6.07) is 6.74. The number of ether oxygens (including phenoxy) is 2. The molecule has 1 N–H and O–H groups in total. The highest BCUT2D eigenvalue weighted by molar-refractivity contribution is 5.83. The Kier molecular flexibility index (Phi) is 4.82. The first kappa shape index (κ1) is 16.7. The van der Waals surface area contributed by atoms with E-state index in [1.165, 1.54) is 4.90 Å². The third kappa shape index (κ3) is 3.87. The lowest BCUT2D eigenvalue weighted by Gasteiger charge is -2.14.